The molecule has 0 saturated heterocycles. The summed E-state index contributed by atoms with van der Waals surface area (Å²) in [5.74, 6) is -0.312. The van der Waals surface area contributed by atoms with Crippen LogP contribution in [0, 0.1) is 0 Å². The second-order valence-electron chi connectivity index (χ2n) is 5.34. The summed E-state index contributed by atoms with van der Waals surface area (Å²) in [6, 6.07) is 5.70. The van der Waals surface area contributed by atoms with Gasteiger partial charge in [-0.3, -0.25) is 4.90 Å². The number of carbonyl (C=O) groups excluding carboxylic acids is 1. The van der Waals surface area contributed by atoms with E-state index in [0.717, 1.165) is 15.6 Å². The fourth-order valence-electron chi connectivity index (χ4n) is 2.49. The van der Waals surface area contributed by atoms with Crippen LogP contribution < -0.4 is 0 Å². The van der Waals surface area contributed by atoms with E-state index in [1.54, 1.807) is 21.1 Å². The van der Waals surface area contributed by atoms with Crippen LogP contribution in [0.5, 0.6) is 0 Å². The van der Waals surface area contributed by atoms with Crippen LogP contribution in [0.4, 0.5) is 0 Å². The van der Waals surface area contributed by atoms with E-state index in [1.807, 2.05) is 30.1 Å². The molecule has 2 rings (SSSR count). The number of esters is 1. The van der Waals surface area contributed by atoms with Crippen LogP contribution >= 0.6 is 22.9 Å². The lowest BCUT2D eigenvalue weighted by atomic mass is 10.1. The van der Waals surface area contributed by atoms with Crippen molar-refractivity contribution in [2.24, 2.45) is 0 Å². The molecule has 0 N–H and O–H groups in total. The summed E-state index contributed by atoms with van der Waals surface area (Å²) in [5, 5.41) is 1.62. The lowest BCUT2D eigenvalue weighted by Gasteiger charge is -2.22. The fourth-order valence-corrected chi connectivity index (χ4v) is 3.89. The van der Waals surface area contributed by atoms with Gasteiger partial charge in [-0.05, 0) is 31.0 Å². The number of nitrogens with zero attached hydrogens (tertiary/aromatic N) is 1. The Balaban J connectivity index is 2.37. The first-order valence-electron chi connectivity index (χ1n) is 7.62. The molecule has 7 heteroatoms. The number of ether oxygens (including phenoxy) is 3. The number of fused-ring (bicyclic) bond motifs is 1. The molecule has 0 radical (unpaired) electrons. The van der Waals surface area contributed by atoms with Gasteiger partial charge in [0, 0.05) is 27.3 Å². The minimum Gasteiger partial charge on any atom is -0.462 e. The Hall–Kier alpha value is -1.18. The average Bonchev–Trinajstić information content (AvgIpc) is 2.93. The Morgan fingerprint density at radius 1 is 1.33 bits per heavy atom. The third-order valence-electron chi connectivity index (χ3n) is 3.65. The molecule has 0 bridgehead atoms. The van der Waals surface area contributed by atoms with Crippen molar-refractivity contribution in [3.63, 3.8) is 0 Å². The van der Waals surface area contributed by atoms with Gasteiger partial charge < -0.3 is 14.2 Å². The molecule has 0 aliphatic carbocycles. The van der Waals surface area contributed by atoms with Crippen LogP contribution in [0.3, 0.4) is 0 Å². The van der Waals surface area contributed by atoms with Crippen LogP contribution in [0.2, 0.25) is 5.02 Å². The van der Waals surface area contributed by atoms with E-state index in [9.17, 15) is 4.79 Å². The summed E-state index contributed by atoms with van der Waals surface area (Å²) < 4.78 is 16.6. The Bertz CT molecular complexity index is 699. The van der Waals surface area contributed by atoms with Crippen molar-refractivity contribution in [3.05, 3.63) is 33.7 Å². The van der Waals surface area contributed by atoms with Crippen molar-refractivity contribution >= 4 is 39.0 Å². The molecular formula is C17H22ClNO4S. The van der Waals surface area contributed by atoms with Crippen LogP contribution in [0.25, 0.3) is 10.1 Å². The van der Waals surface area contributed by atoms with Gasteiger partial charge in [0.2, 0.25) is 0 Å². The van der Waals surface area contributed by atoms with Gasteiger partial charge in [-0.15, -0.1) is 11.3 Å². The standard InChI is InChI=1S/C17H22ClNO4S/c1-5-23-17(20)16-12(9-19(2)10-14(21-3)22-4)11-7-6-8-13(18)15(11)24-16/h6-8,14H,5,9-10H2,1-4H3. The highest BCUT2D eigenvalue weighted by Crippen LogP contribution is 2.37. The molecular weight excluding hydrogens is 350 g/mol. The SMILES string of the molecule is CCOC(=O)c1sc2c(Cl)cccc2c1CN(C)CC(OC)OC. The van der Waals surface area contributed by atoms with E-state index in [2.05, 4.69) is 0 Å². The van der Waals surface area contributed by atoms with E-state index >= 15 is 0 Å². The third kappa shape index (κ3) is 4.26. The number of methoxy groups -OCH3 is 2. The van der Waals surface area contributed by atoms with E-state index in [-0.39, 0.29) is 12.3 Å². The molecule has 0 atom stereocenters. The lowest BCUT2D eigenvalue weighted by Crippen LogP contribution is -2.31. The first-order valence-corrected chi connectivity index (χ1v) is 8.82. The summed E-state index contributed by atoms with van der Waals surface area (Å²) in [6.45, 7) is 3.28. The summed E-state index contributed by atoms with van der Waals surface area (Å²) in [6.07, 6.45) is -0.325. The first-order chi connectivity index (χ1) is 11.5. The number of hydrogen-bond donors (Lipinski definition) is 0. The van der Waals surface area contributed by atoms with Gasteiger partial charge >= 0.3 is 5.97 Å². The monoisotopic (exact) mass is 371 g/mol. The molecule has 0 unspecified atom stereocenters. The Morgan fingerprint density at radius 2 is 2.04 bits per heavy atom. The molecule has 132 valence electrons. The Morgan fingerprint density at radius 3 is 2.67 bits per heavy atom. The van der Waals surface area contributed by atoms with E-state index in [1.165, 1.54) is 11.3 Å². The van der Waals surface area contributed by atoms with Crippen molar-refractivity contribution in [3.8, 4) is 0 Å². The Labute approximate surface area is 151 Å². The van der Waals surface area contributed by atoms with E-state index in [4.69, 9.17) is 25.8 Å². The van der Waals surface area contributed by atoms with Crippen molar-refractivity contribution in [1.29, 1.82) is 0 Å². The van der Waals surface area contributed by atoms with E-state index < -0.39 is 0 Å². The van der Waals surface area contributed by atoms with Crippen LogP contribution in [0.1, 0.15) is 22.2 Å². The highest BCUT2D eigenvalue weighted by Gasteiger charge is 2.22. The van der Waals surface area contributed by atoms with Crippen molar-refractivity contribution in [2.75, 3.05) is 34.4 Å². The van der Waals surface area contributed by atoms with Crippen LogP contribution in [-0.4, -0.2) is 51.6 Å². The number of likely N-dealkylation sites (N-methyl/N-ethyl adjacent to an activating group) is 1. The van der Waals surface area contributed by atoms with E-state index in [0.29, 0.717) is 29.6 Å². The molecule has 1 aromatic carbocycles. The summed E-state index contributed by atoms with van der Waals surface area (Å²) in [7, 11) is 5.16. The van der Waals surface area contributed by atoms with Crippen molar-refractivity contribution in [2.45, 2.75) is 19.8 Å². The maximum absolute atomic E-state index is 12.3. The molecule has 5 nitrogen and oxygen atoms in total. The number of rotatable bonds is 8. The minimum atomic E-state index is -0.325. The molecule has 0 amide bonds. The molecule has 0 aliphatic heterocycles. The van der Waals surface area contributed by atoms with Gasteiger partial charge in [0.05, 0.1) is 16.3 Å². The number of halogens is 1. The number of benzene rings is 1. The molecule has 1 aromatic heterocycles. The summed E-state index contributed by atoms with van der Waals surface area (Å²) in [4.78, 5) is 15.0. The lowest BCUT2D eigenvalue weighted by molar-refractivity contribution is -0.114. The third-order valence-corrected chi connectivity index (χ3v) is 5.33. The second kappa shape index (κ2) is 8.78. The second-order valence-corrected chi connectivity index (χ2v) is 6.77. The van der Waals surface area contributed by atoms with Gasteiger partial charge in [-0.25, -0.2) is 4.79 Å². The van der Waals surface area contributed by atoms with Crippen LogP contribution in [0.15, 0.2) is 18.2 Å². The molecule has 2 aromatic rings. The fraction of sp³-hybridized carbons (Fsp3) is 0.471. The zero-order valence-corrected chi connectivity index (χ0v) is 15.9. The summed E-state index contributed by atoms with van der Waals surface area (Å²) >= 11 is 7.67. The predicted molar refractivity (Wildman–Crippen MR) is 96.9 cm³/mol. The largest absolute Gasteiger partial charge is 0.462 e. The van der Waals surface area contributed by atoms with Gasteiger partial charge in [-0.2, -0.15) is 0 Å². The maximum Gasteiger partial charge on any atom is 0.348 e. The number of hydrogen-bond acceptors (Lipinski definition) is 6. The quantitative estimate of drug-likeness (QED) is 0.522. The number of carbonyl (C=O) groups is 1. The molecule has 0 saturated carbocycles. The number of thiophene rings is 1. The molecule has 0 spiro atoms. The van der Waals surface area contributed by atoms with Crippen molar-refractivity contribution < 1.29 is 19.0 Å². The van der Waals surface area contributed by atoms with Crippen molar-refractivity contribution in [1.82, 2.24) is 4.90 Å². The zero-order chi connectivity index (χ0) is 17.7. The van der Waals surface area contributed by atoms with Gasteiger partial charge in [0.15, 0.2) is 6.29 Å². The highest BCUT2D eigenvalue weighted by molar-refractivity contribution is 7.21. The summed E-state index contributed by atoms with van der Waals surface area (Å²) in [5.41, 5.74) is 0.921. The molecule has 0 fully saturated rings. The normalized spacial score (nSPS) is 11.6. The predicted octanol–water partition coefficient (Wildman–Crippen LogP) is 3.78. The maximum atomic E-state index is 12.3. The minimum absolute atomic E-state index is 0.312. The van der Waals surface area contributed by atoms with Gasteiger partial charge in [0.25, 0.3) is 0 Å². The molecule has 24 heavy (non-hydrogen) atoms. The highest BCUT2D eigenvalue weighted by atomic mass is 35.5. The van der Waals surface area contributed by atoms with Crippen LogP contribution in [-0.2, 0) is 20.8 Å². The topological polar surface area (TPSA) is 48.0 Å². The van der Waals surface area contributed by atoms with Gasteiger partial charge in [0.1, 0.15) is 4.88 Å². The first kappa shape index (κ1) is 19.1. The molecule has 0 aliphatic rings. The zero-order valence-electron chi connectivity index (χ0n) is 14.3. The Kier molecular flexibility index (Phi) is 7.01. The average molecular weight is 372 g/mol. The smallest absolute Gasteiger partial charge is 0.348 e. The molecule has 1 heterocycles. The van der Waals surface area contributed by atoms with Gasteiger partial charge in [-0.1, -0.05) is 23.7 Å².